The van der Waals surface area contributed by atoms with Crippen LogP contribution in [0, 0.1) is 5.82 Å². The first-order valence-electron chi connectivity index (χ1n) is 10.5. The third-order valence-electron chi connectivity index (χ3n) is 5.33. The Kier molecular flexibility index (Phi) is 9.84. The van der Waals surface area contributed by atoms with Gasteiger partial charge in [-0.2, -0.15) is 0 Å². The van der Waals surface area contributed by atoms with Crippen LogP contribution in [-0.4, -0.2) is 42.0 Å². The molecule has 1 unspecified atom stereocenters. The second-order valence-corrected chi connectivity index (χ2v) is 9.52. The lowest BCUT2D eigenvalue weighted by atomic mass is 9.75. The minimum absolute atomic E-state index is 0.148. The maximum atomic E-state index is 14.4. The number of thioether (sulfide) groups is 1. The molecule has 0 bridgehead atoms. The zero-order chi connectivity index (χ0) is 21.9. The molecule has 2 N–H and O–H groups in total. The van der Waals surface area contributed by atoms with E-state index in [1.165, 1.54) is 23.4 Å². The molecule has 1 saturated heterocycles. The van der Waals surface area contributed by atoms with Crippen molar-refractivity contribution in [2.24, 2.45) is 0 Å². The van der Waals surface area contributed by atoms with E-state index >= 15 is 0 Å². The van der Waals surface area contributed by atoms with Gasteiger partial charge in [-0.3, -0.25) is 4.98 Å². The van der Waals surface area contributed by atoms with E-state index in [2.05, 4.69) is 39.1 Å². The number of hydrogen-bond donors (Lipinski definition) is 2. The van der Waals surface area contributed by atoms with Crippen molar-refractivity contribution in [3.8, 4) is 0 Å². The first-order chi connectivity index (χ1) is 15.1. The minimum Gasteiger partial charge on any atom is -0.379 e. The van der Waals surface area contributed by atoms with Crippen molar-refractivity contribution >= 4 is 20.0 Å². The number of unbranched alkanes of at least 4 members (excludes halogenated alkanes) is 1. The van der Waals surface area contributed by atoms with E-state index in [0.29, 0.717) is 30.1 Å². The van der Waals surface area contributed by atoms with Gasteiger partial charge in [0, 0.05) is 22.7 Å². The molecule has 168 valence electrons. The lowest BCUT2D eigenvalue weighted by Crippen LogP contribution is -2.46. The highest BCUT2D eigenvalue weighted by atomic mass is 32.2. The van der Waals surface area contributed by atoms with Gasteiger partial charge in [0.25, 0.3) is 0 Å². The fourth-order valence-corrected chi connectivity index (χ4v) is 4.74. The second kappa shape index (κ2) is 12.6. The lowest BCUT2D eigenvalue weighted by Gasteiger charge is -2.42. The van der Waals surface area contributed by atoms with Gasteiger partial charge in [-0.05, 0) is 43.2 Å². The predicted octanol–water partition coefficient (Wildman–Crippen LogP) is 4.60. The molecule has 1 aromatic heterocycles. The molecular weight excluding hydrogens is 438 g/mol. The number of aromatic nitrogens is 1. The van der Waals surface area contributed by atoms with E-state index in [0.717, 1.165) is 38.2 Å². The van der Waals surface area contributed by atoms with Crippen molar-refractivity contribution in [2.45, 2.75) is 42.5 Å². The second-order valence-electron chi connectivity index (χ2n) is 7.65. The molecular formula is C22H29FN2O4PS+. The summed E-state index contributed by atoms with van der Waals surface area (Å²) >= 11 is 1.51. The number of nitrogens with zero attached hydrogens (tertiary/aromatic N) is 1. The number of ether oxygens (including phenoxy) is 1. The van der Waals surface area contributed by atoms with Crippen LogP contribution in [0.1, 0.15) is 36.9 Å². The van der Waals surface area contributed by atoms with Crippen LogP contribution >= 0.6 is 20.0 Å². The minimum atomic E-state index is -2.54. The van der Waals surface area contributed by atoms with Crippen molar-refractivity contribution in [1.82, 2.24) is 10.3 Å². The molecule has 9 heteroatoms. The molecule has 1 aliphatic heterocycles. The maximum Gasteiger partial charge on any atom is 0.694 e. The molecule has 1 aliphatic rings. The summed E-state index contributed by atoms with van der Waals surface area (Å²) in [6, 6.07) is 12.0. The van der Waals surface area contributed by atoms with Gasteiger partial charge in [0.1, 0.15) is 12.4 Å². The summed E-state index contributed by atoms with van der Waals surface area (Å²) in [5.41, 5.74) is 2.13. The third-order valence-corrected chi connectivity index (χ3v) is 6.84. The van der Waals surface area contributed by atoms with Crippen LogP contribution in [-0.2, 0) is 25.8 Å². The molecule has 0 aliphatic carbocycles. The third kappa shape index (κ3) is 7.59. The van der Waals surface area contributed by atoms with Crippen molar-refractivity contribution in [2.75, 3.05) is 32.1 Å². The summed E-state index contributed by atoms with van der Waals surface area (Å²) in [7, 11) is -2.54. The van der Waals surface area contributed by atoms with E-state index < -0.39 is 8.25 Å². The zero-order valence-electron chi connectivity index (χ0n) is 17.5. The monoisotopic (exact) mass is 467 g/mol. The highest BCUT2D eigenvalue weighted by Gasteiger charge is 2.39. The SMILES string of the molecule is O=[P+](O)OCCCNCc1cc(F)c(SCCCCC2(c3ccccc3)COC2)cn1. The average Bonchev–Trinajstić information content (AvgIpc) is 2.73. The Labute approximate surface area is 187 Å². The van der Waals surface area contributed by atoms with Crippen LogP contribution in [0.4, 0.5) is 4.39 Å². The molecule has 0 spiro atoms. The van der Waals surface area contributed by atoms with Crippen LogP contribution in [0.2, 0.25) is 0 Å². The number of benzene rings is 1. The Bertz CT molecular complexity index is 840. The molecule has 31 heavy (non-hydrogen) atoms. The van der Waals surface area contributed by atoms with Crippen molar-refractivity contribution < 1.29 is 23.1 Å². The first kappa shape index (κ1) is 24.2. The van der Waals surface area contributed by atoms with Gasteiger partial charge in [0.15, 0.2) is 0 Å². The Morgan fingerprint density at radius 3 is 2.74 bits per heavy atom. The molecule has 1 atom stereocenters. The molecule has 0 amide bonds. The normalized spacial score (nSPS) is 15.5. The molecule has 2 aromatic rings. The van der Waals surface area contributed by atoms with Gasteiger partial charge in [0.05, 0.1) is 23.8 Å². The van der Waals surface area contributed by atoms with Crippen LogP contribution < -0.4 is 5.32 Å². The van der Waals surface area contributed by atoms with Crippen molar-refractivity contribution in [3.05, 3.63) is 59.7 Å². The van der Waals surface area contributed by atoms with Crippen molar-refractivity contribution in [1.29, 1.82) is 0 Å². The molecule has 2 heterocycles. The van der Waals surface area contributed by atoms with E-state index in [-0.39, 0.29) is 17.8 Å². The Morgan fingerprint density at radius 2 is 2.06 bits per heavy atom. The summed E-state index contributed by atoms with van der Waals surface area (Å²) in [5.74, 6) is 0.611. The van der Waals surface area contributed by atoms with Crippen molar-refractivity contribution in [3.63, 3.8) is 0 Å². The van der Waals surface area contributed by atoms with Gasteiger partial charge in [0.2, 0.25) is 0 Å². The van der Waals surface area contributed by atoms with E-state index in [9.17, 15) is 8.96 Å². The molecule has 3 rings (SSSR count). The number of pyridine rings is 1. The standard InChI is InChI=1S/C22H28FN2O4PS/c23-20-13-19(14-24-10-6-11-29-30(26)27)25-15-21(20)31-12-5-4-9-22(16-28-17-22)18-7-2-1-3-8-18/h1-3,7-8,13,15,24H,4-6,9-12,14,16-17H2/p+1. The number of nitrogens with one attached hydrogen (secondary N) is 1. The van der Waals surface area contributed by atoms with Crippen LogP contribution in [0.5, 0.6) is 0 Å². The van der Waals surface area contributed by atoms with Gasteiger partial charge in [-0.25, -0.2) is 4.39 Å². The molecule has 1 fully saturated rings. The summed E-state index contributed by atoms with van der Waals surface area (Å²) in [6.45, 7) is 2.81. The Morgan fingerprint density at radius 1 is 1.26 bits per heavy atom. The van der Waals surface area contributed by atoms with E-state index in [1.807, 2.05) is 6.07 Å². The number of halogens is 1. The van der Waals surface area contributed by atoms with Gasteiger partial charge in [-0.15, -0.1) is 21.2 Å². The average molecular weight is 468 g/mol. The lowest BCUT2D eigenvalue weighted by molar-refractivity contribution is -0.0652. The van der Waals surface area contributed by atoms with Gasteiger partial charge < -0.3 is 10.1 Å². The van der Waals surface area contributed by atoms with Crippen LogP contribution in [0.25, 0.3) is 0 Å². The Hall–Kier alpha value is -1.41. The first-order valence-corrected chi connectivity index (χ1v) is 12.6. The largest absolute Gasteiger partial charge is 0.694 e. The maximum absolute atomic E-state index is 14.4. The molecule has 1 aromatic carbocycles. The van der Waals surface area contributed by atoms with Gasteiger partial charge in [-0.1, -0.05) is 36.8 Å². The fourth-order valence-electron chi connectivity index (χ4n) is 3.56. The highest BCUT2D eigenvalue weighted by molar-refractivity contribution is 7.99. The molecule has 6 nitrogen and oxygen atoms in total. The number of rotatable bonds is 14. The predicted molar refractivity (Wildman–Crippen MR) is 120 cm³/mol. The summed E-state index contributed by atoms with van der Waals surface area (Å²) in [5, 5.41) is 3.12. The molecule has 0 saturated carbocycles. The molecule has 0 radical (unpaired) electrons. The summed E-state index contributed by atoms with van der Waals surface area (Å²) in [4.78, 5) is 13.4. The highest BCUT2D eigenvalue weighted by Crippen LogP contribution is 2.37. The van der Waals surface area contributed by atoms with E-state index in [4.69, 9.17) is 9.63 Å². The summed E-state index contributed by atoms with van der Waals surface area (Å²) < 4.78 is 34.8. The Balaban J connectivity index is 1.34. The smallest absolute Gasteiger partial charge is 0.379 e. The fraction of sp³-hybridized carbons (Fsp3) is 0.500. The number of hydrogen-bond acceptors (Lipinski definition) is 6. The van der Waals surface area contributed by atoms with Crippen LogP contribution in [0.3, 0.4) is 0 Å². The topological polar surface area (TPSA) is 80.7 Å². The van der Waals surface area contributed by atoms with Gasteiger partial charge >= 0.3 is 8.25 Å². The van der Waals surface area contributed by atoms with E-state index in [1.54, 1.807) is 6.20 Å². The summed E-state index contributed by atoms with van der Waals surface area (Å²) in [6.07, 6.45) is 5.38. The van der Waals surface area contributed by atoms with Crippen LogP contribution in [0.15, 0.2) is 47.5 Å². The zero-order valence-corrected chi connectivity index (χ0v) is 19.2. The quantitative estimate of drug-likeness (QED) is 0.239.